The standard InChI is InChI=1S/C19H18ClFN2O3/c1-3-25-19(24)18(20)23-22-16-12-15(21)9-10-17(16)26-13(2)11-14-7-5-4-6-8-14/h4-12,18H,3H2,1-2H3. The van der Waals surface area contributed by atoms with Gasteiger partial charge in [-0.05, 0) is 37.6 Å². The fourth-order valence-corrected chi connectivity index (χ4v) is 2.12. The molecule has 0 spiro atoms. The van der Waals surface area contributed by atoms with E-state index >= 15 is 0 Å². The number of azo groups is 1. The van der Waals surface area contributed by atoms with E-state index in [2.05, 4.69) is 10.2 Å². The third kappa shape index (κ3) is 5.97. The third-order valence-electron chi connectivity index (χ3n) is 3.11. The van der Waals surface area contributed by atoms with Crippen LogP contribution in [-0.2, 0) is 9.53 Å². The molecule has 0 aliphatic rings. The van der Waals surface area contributed by atoms with Crippen molar-refractivity contribution in [2.24, 2.45) is 10.2 Å². The Morgan fingerprint density at radius 2 is 2.00 bits per heavy atom. The van der Waals surface area contributed by atoms with E-state index in [4.69, 9.17) is 21.1 Å². The first-order valence-electron chi connectivity index (χ1n) is 7.92. The predicted octanol–water partition coefficient (Wildman–Crippen LogP) is 5.48. The van der Waals surface area contributed by atoms with E-state index in [1.54, 1.807) is 13.8 Å². The van der Waals surface area contributed by atoms with E-state index in [0.717, 1.165) is 11.6 Å². The number of ether oxygens (including phenoxy) is 2. The first-order valence-corrected chi connectivity index (χ1v) is 8.35. The highest BCUT2D eigenvalue weighted by molar-refractivity contribution is 6.29. The van der Waals surface area contributed by atoms with Crippen molar-refractivity contribution in [1.29, 1.82) is 0 Å². The maximum Gasteiger partial charge on any atom is 0.348 e. The van der Waals surface area contributed by atoms with Gasteiger partial charge in [0.1, 0.15) is 17.3 Å². The Morgan fingerprint density at radius 1 is 1.27 bits per heavy atom. The molecule has 0 aliphatic carbocycles. The van der Waals surface area contributed by atoms with E-state index in [0.29, 0.717) is 5.76 Å². The van der Waals surface area contributed by atoms with E-state index in [9.17, 15) is 9.18 Å². The topological polar surface area (TPSA) is 60.2 Å². The lowest BCUT2D eigenvalue weighted by molar-refractivity contribution is -0.142. The van der Waals surface area contributed by atoms with Crippen LogP contribution in [0, 0.1) is 5.82 Å². The molecule has 1 atom stereocenters. The summed E-state index contributed by atoms with van der Waals surface area (Å²) in [4.78, 5) is 11.5. The number of carbonyl (C=O) groups excluding carboxylic acids is 1. The highest BCUT2D eigenvalue weighted by Crippen LogP contribution is 2.31. The number of allylic oxidation sites excluding steroid dienone is 1. The lowest BCUT2D eigenvalue weighted by Crippen LogP contribution is -2.15. The maximum atomic E-state index is 13.5. The Morgan fingerprint density at radius 3 is 2.69 bits per heavy atom. The summed E-state index contributed by atoms with van der Waals surface area (Å²) in [5.41, 5.74) is -0.244. The average molecular weight is 377 g/mol. The Labute approximate surface area is 156 Å². The molecule has 0 radical (unpaired) electrons. The number of hydrogen-bond donors (Lipinski definition) is 0. The van der Waals surface area contributed by atoms with Gasteiger partial charge < -0.3 is 9.47 Å². The predicted molar refractivity (Wildman–Crippen MR) is 97.9 cm³/mol. The summed E-state index contributed by atoms with van der Waals surface area (Å²) >= 11 is 5.78. The van der Waals surface area contributed by atoms with Gasteiger partial charge in [0.2, 0.25) is 5.50 Å². The highest BCUT2D eigenvalue weighted by Gasteiger charge is 2.16. The minimum Gasteiger partial charge on any atom is -0.463 e. The van der Waals surface area contributed by atoms with Gasteiger partial charge in [-0.1, -0.05) is 41.9 Å². The molecule has 0 aromatic heterocycles. The number of carbonyl (C=O) groups is 1. The molecular formula is C19H18ClFN2O3. The molecule has 0 saturated heterocycles. The van der Waals surface area contributed by atoms with E-state index in [1.807, 2.05) is 36.4 Å². The number of esters is 1. The minimum absolute atomic E-state index is 0.112. The van der Waals surface area contributed by atoms with Gasteiger partial charge in [0, 0.05) is 6.07 Å². The Balaban J connectivity index is 2.19. The number of nitrogens with zero attached hydrogens (tertiary/aromatic N) is 2. The molecule has 7 heteroatoms. The lowest BCUT2D eigenvalue weighted by Gasteiger charge is -2.09. The molecule has 2 aromatic rings. The van der Waals surface area contributed by atoms with Gasteiger partial charge in [-0.2, -0.15) is 5.11 Å². The number of benzene rings is 2. The van der Waals surface area contributed by atoms with Crippen molar-refractivity contribution < 1.29 is 18.7 Å². The first-order chi connectivity index (χ1) is 12.5. The Hall–Kier alpha value is -2.73. The summed E-state index contributed by atoms with van der Waals surface area (Å²) in [5.74, 6) is -0.380. The highest BCUT2D eigenvalue weighted by atomic mass is 35.5. The number of hydrogen-bond acceptors (Lipinski definition) is 5. The molecule has 5 nitrogen and oxygen atoms in total. The summed E-state index contributed by atoms with van der Waals surface area (Å²) in [6.45, 7) is 3.59. The zero-order valence-corrected chi connectivity index (χ0v) is 15.1. The monoisotopic (exact) mass is 376 g/mol. The van der Waals surface area contributed by atoms with Gasteiger partial charge in [0.05, 0.1) is 6.61 Å². The quantitative estimate of drug-likeness (QED) is 0.211. The second kappa shape index (κ2) is 9.68. The van der Waals surface area contributed by atoms with Crippen molar-refractivity contribution in [3.05, 3.63) is 65.7 Å². The molecule has 1 unspecified atom stereocenters. The van der Waals surface area contributed by atoms with Crippen molar-refractivity contribution in [2.75, 3.05) is 6.61 Å². The van der Waals surface area contributed by atoms with E-state index in [-0.39, 0.29) is 18.0 Å². The van der Waals surface area contributed by atoms with Crippen LogP contribution in [0.4, 0.5) is 10.1 Å². The Kier molecular flexibility index (Phi) is 7.29. The maximum absolute atomic E-state index is 13.5. The summed E-state index contributed by atoms with van der Waals surface area (Å²) < 4.78 is 24.0. The zero-order chi connectivity index (χ0) is 18.9. The van der Waals surface area contributed by atoms with Crippen molar-refractivity contribution in [3.63, 3.8) is 0 Å². The van der Waals surface area contributed by atoms with Crippen LogP contribution in [0.1, 0.15) is 19.4 Å². The average Bonchev–Trinajstić information content (AvgIpc) is 2.62. The van der Waals surface area contributed by atoms with Gasteiger partial charge in [-0.3, -0.25) is 0 Å². The van der Waals surface area contributed by atoms with E-state index < -0.39 is 17.3 Å². The fourth-order valence-electron chi connectivity index (χ4n) is 2.01. The Bertz CT molecular complexity index is 810. The summed E-state index contributed by atoms with van der Waals surface area (Å²) in [6.07, 6.45) is 1.83. The van der Waals surface area contributed by atoms with Gasteiger partial charge in [-0.15, -0.1) is 5.11 Å². The molecule has 0 amide bonds. The number of rotatable bonds is 7. The molecule has 2 aromatic carbocycles. The van der Waals surface area contributed by atoms with Crippen LogP contribution in [0.15, 0.2) is 64.5 Å². The molecule has 0 heterocycles. The minimum atomic E-state index is -1.31. The fraction of sp³-hybridized carbons (Fsp3) is 0.211. The lowest BCUT2D eigenvalue weighted by atomic mass is 10.2. The van der Waals surface area contributed by atoms with Crippen LogP contribution in [0.2, 0.25) is 0 Å². The second-order valence-corrected chi connectivity index (χ2v) is 5.60. The van der Waals surface area contributed by atoms with Crippen molar-refractivity contribution >= 4 is 29.3 Å². The van der Waals surface area contributed by atoms with Gasteiger partial charge in [-0.25, -0.2) is 9.18 Å². The number of alkyl halides is 1. The van der Waals surface area contributed by atoms with Crippen LogP contribution in [-0.4, -0.2) is 18.1 Å². The zero-order valence-electron chi connectivity index (χ0n) is 14.4. The SMILES string of the molecule is CCOC(=O)C(Cl)N=Nc1cc(F)ccc1OC(C)=Cc1ccccc1. The van der Waals surface area contributed by atoms with Crippen molar-refractivity contribution in [3.8, 4) is 5.75 Å². The van der Waals surface area contributed by atoms with Crippen LogP contribution < -0.4 is 4.74 Å². The van der Waals surface area contributed by atoms with E-state index in [1.165, 1.54) is 12.1 Å². The van der Waals surface area contributed by atoms with Crippen LogP contribution in [0.3, 0.4) is 0 Å². The molecule has 0 aliphatic heterocycles. The van der Waals surface area contributed by atoms with Gasteiger partial charge >= 0.3 is 5.97 Å². The van der Waals surface area contributed by atoms with Gasteiger partial charge in [0.15, 0.2) is 5.75 Å². The number of halogens is 2. The smallest absolute Gasteiger partial charge is 0.348 e. The summed E-state index contributed by atoms with van der Waals surface area (Å²) in [6, 6.07) is 13.4. The molecule has 0 N–H and O–H groups in total. The molecule has 0 fully saturated rings. The summed E-state index contributed by atoms with van der Waals surface area (Å²) in [7, 11) is 0. The largest absolute Gasteiger partial charge is 0.463 e. The van der Waals surface area contributed by atoms with Crippen molar-refractivity contribution in [2.45, 2.75) is 19.3 Å². The molecular weight excluding hydrogens is 359 g/mol. The molecule has 26 heavy (non-hydrogen) atoms. The van der Waals surface area contributed by atoms with Crippen LogP contribution in [0.5, 0.6) is 5.75 Å². The second-order valence-electron chi connectivity index (χ2n) is 5.18. The molecule has 2 rings (SSSR count). The molecule has 136 valence electrons. The van der Waals surface area contributed by atoms with Crippen LogP contribution >= 0.6 is 11.6 Å². The molecule has 0 saturated carbocycles. The van der Waals surface area contributed by atoms with Crippen molar-refractivity contribution in [1.82, 2.24) is 0 Å². The van der Waals surface area contributed by atoms with Gasteiger partial charge in [0.25, 0.3) is 0 Å². The third-order valence-corrected chi connectivity index (χ3v) is 3.37. The normalized spacial score (nSPS) is 12.8. The first kappa shape index (κ1) is 19.6. The molecule has 0 bridgehead atoms. The van der Waals surface area contributed by atoms with Crippen LogP contribution in [0.25, 0.3) is 6.08 Å². The summed E-state index contributed by atoms with van der Waals surface area (Å²) in [5, 5.41) is 7.49.